The molecule has 2 aliphatic rings. The first-order chi connectivity index (χ1) is 19.7. The van der Waals surface area contributed by atoms with Gasteiger partial charge in [-0.3, -0.25) is 0 Å². The van der Waals surface area contributed by atoms with Gasteiger partial charge >= 0.3 is 5.97 Å². The molecule has 10 heteroatoms. The second-order valence-electron chi connectivity index (χ2n) is 10.1. The lowest BCUT2D eigenvalue weighted by molar-refractivity contribution is -0.307. The highest BCUT2D eigenvalue weighted by atomic mass is 16.7. The zero-order valence-corrected chi connectivity index (χ0v) is 23.6. The molecule has 10 nitrogen and oxygen atoms in total. The molecule has 2 heterocycles. The second-order valence-corrected chi connectivity index (χ2v) is 10.1. The zero-order valence-electron chi connectivity index (χ0n) is 23.6. The van der Waals surface area contributed by atoms with Crippen molar-refractivity contribution in [1.29, 1.82) is 0 Å². The van der Waals surface area contributed by atoms with Crippen molar-refractivity contribution in [3.05, 3.63) is 72.9 Å². The average molecular weight is 579 g/mol. The highest BCUT2D eigenvalue weighted by molar-refractivity contribution is 5.82. The Morgan fingerprint density at radius 1 is 0.878 bits per heavy atom. The Kier molecular flexibility index (Phi) is 16.7. The van der Waals surface area contributed by atoms with Crippen molar-refractivity contribution in [3.8, 4) is 0 Å². The standard InChI is InChI=1S/C31H46O10/c1-2-24-16-10-5-3-4-8-14-22(33)20-23(34)15-9-6-11-17-25(18-12-7-13-19-27(35)39-24)40-31-30(38)29(37)28(36)26(21-32)41-31/h3-4,6-9,11-14,17,19,22-26,28-34,36-38H,2,5,10,15-16,18,20-21H2,1H3/t22-,23-,24+,25+,26+,28+,29-,30+,31+/m0/s1. The summed E-state index contributed by atoms with van der Waals surface area (Å²) in [6.07, 6.45) is 14.8. The maximum Gasteiger partial charge on any atom is 0.331 e. The molecule has 2 aliphatic heterocycles. The molecule has 0 aromatic heterocycles. The van der Waals surface area contributed by atoms with Crippen molar-refractivity contribution in [3.63, 3.8) is 0 Å². The van der Waals surface area contributed by atoms with Crippen molar-refractivity contribution in [2.24, 2.45) is 0 Å². The van der Waals surface area contributed by atoms with Gasteiger partial charge in [0.25, 0.3) is 0 Å². The number of aliphatic hydroxyl groups is 6. The van der Waals surface area contributed by atoms with E-state index in [0.29, 0.717) is 19.3 Å². The summed E-state index contributed by atoms with van der Waals surface area (Å²) in [6.45, 7) is 1.39. The lowest BCUT2D eigenvalue weighted by Gasteiger charge is -2.40. The van der Waals surface area contributed by atoms with Crippen molar-refractivity contribution in [2.45, 2.75) is 107 Å². The first kappa shape index (κ1) is 34.8. The lowest BCUT2D eigenvalue weighted by Crippen LogP contribution is -2.59. The minimum absolute atomic E-state index is 0.184. The zero-order chi connectivity index (χ0) is 30.0. The molecule has 0 aliphatic carbocycles. The second kappa shape index (κ2) is 19.7. The van der Waals surface area contributed by atoms with Gasteiger partial charge in [-0.2, -0.15) is 0 Å². The van der Waals surface area contributed by atoms with Crippen LogP contribution in [0.25, 0.3) is 0 Å². The van der Waals surface area contributed by atoms with Crippen LogP contribution in [0.3, 0.4) is 0 Å². The van der Waals surface area contributed by atoms with E-state index in [0.717, 1.165) is 19.3 Å². The van der Waals surface area contributed by atoms with E-state index in [4.69, 9.17) is 14.2 Å². The SMILES string of the molecule is CC[C@@H]1CCCC=CC=C[C@H](O)C[C@@H](O)CC=CC=C[C@@H](O[C@@H]2O[C@H](CO)[C@@H](O)[C@H](O)[C@H]2O)CC=CC=CC(=O)O1. The summed E-state index contributed by atoms with van der Waals surface area (Å²) in [7, 11) is 0. The van der Waals surface area contributed by atoms with Crippen LogP contribution in [0.15, 0.2) is 72.9 Å². The first-order valence-corrected chi connectivity index (χ1v) is 14.3. The number of cyclic esters (lactones) is 1. The van der Waals surface area contributed by atoms with E-state index in [1.165, 1.54) is 6.08 Å². The Bertz CT molecular complexity index is 922. The van der Waals surface area contributed by atoms with E-state index in [1.54, 1.807) is 54.7 Å². The number of carbonyl (C=O) groups is 1. The Morgan fingerprint density at radius 2 is 1.59 bits per heavy atom. The third-order valence-electron chi connectivity index (χ3n) is 6.72. The fraction of sp³-hybridized carbons (Fsp3) is 0.581. The average Bonchev–Trinajstić information content (AvgIpc) is 2.94. The third-order valence-corrected chi connectivity index (χ3v) is 6.72. The molecule has 41 heavy (non-hydrogen) atoms. The molecule has 9 atom stereocenters. The number of esters is 1. The van der Waals surface area contributed by atoms with Gasteiger partial charge in [-0.1, -0.05) is 73.8 Å². The van der Waals surface area contributed by atoms with Crippen LogP contribution >= 0.6 is 0 Å². The lowest BCUT2D eigenvalue weighted by atomic mass is 9.99. The molecule has 1 saturated heterocycles. The fourth-order valence-electron chi connectivity index (χ4n) is 4.29. The number of ether oxygens (including phenoxy) is 3. The van der Waals surface area contributed by atoms with Crippen LogP contribution < -0.4 is 0 Å². The van der Waals surface area contributed by atoms with E-state index in [-0.39, 0.29) is 12.5 Å². The van der Waals surface area contributed by atoms with Crippen LogP contribution in [0.4, 0.5) is 0 Å². The summed E-state index contributed by atoms with van der Waals surface area (Å²) in [5, 5.41) is 60.3. The highest BCUT2D eigenvalue weighted by Crippen LogP contribution is 2.24. The summed E-state index contributed by atoms with van der Waals surface area (Å²) in [6, 6.07) is 0. The maximum absolute atomic E-state index is 12.2. The minimum atomic E-state index is -1.57. The fourth-order valence-corrected chi connectivity index (χ4v) is 4.29. The number of allylic oxidation sites excluding steroid dienone is 7. The number of hydrogen-bond acceptors (Lipinski definition) is 10. The van der Waals surface area contributed by atoms with Crippen LogP contribution in [-0.2, 0) is 19.0 Å². The smallest absolute Gasteiger partial charge is 0.331 e. The van der Waals surface area contributed by atoms with Crippen molar-refractivity contribution in [2.75, 3.05) is 6.61 Å². The maximum atomic E-state index is 12.2. The summed E-state index contributed by atoms with van der Waals surface area (Å²) < 4.78 is 16.9. The molecular formula is C31H46O10. The van der Waals surface area contributed by atoms with Crippen LogP contribution in [0.2, 0.25) is 0 Å². The number of carbonyl (C=O) groups excluding carboxylic acids is 1. The van der Waals surface area contributed by atoms with Gasteiger partial charge in [0.15, 0.2) is 6.29 Å². The van der Waals surface area contributed by atoms with Gasteiger partial charge in [-0.05, 0) is 38.5 Å². The number of rotatable bonds is 4. The van der Waals surface area contributed by atoms with Gasteiger partial charge in [-0.25, -0.2) is 4.79 Å². The molecule has 0 bridgehead atoms. The van der Waals surface area contributed by atoms with Crippen molar-refractivity contribution >= 4 is 5.97 Å². The molecular weight excluding hydrogens is 532 g/mol. The summed E-state index contributed by atoms with van der Waals surface area (Å²) in [5.74, 6) is -0.440. The van der Waals surface area contributed by atoms with Crippen LogP contribution in [0, 0.1) is 0 Å². The van der Waals surface area contributed by atoms with Gasteiger partial charge in [0.2, 0.25) is 0 Å². The van der Waals surface area contributed by atoms with Gasteiger partial charge in [-0.15, -0.1) is 0 Å². The van der Waals surface area contributed by atoms with Crippen LogP contribution in [-0.4, -0.2) is 98.3 Å². The van der Waals surface area contributed by atoms with Crippen LogP contribution in [0.5, 0.6) is 0 Å². The largest absolute Gasteiger partial charge is 0.459 e. The predicted molar refractivity (Wildman–Crippen MR) is 153 cm³/mol. The van der Waals surface area contributed by atoms with E-state index in [2.05, 4.69) is 0 Å². The van der Waals surface area contributed by atoms with Crippen LogP contribution in [0.1, 0.15) is 51.9 Å². The Hall–Kier alpha value is -2.41. The van der Waals surface area contributed by atoms with E-state index < -0.39 is 61.6 Å². The van der Waals surface area contributed by atoms with Crippen molar-refractivity contribution in [1.82, 2.24) is 0 Å². The summed E-state index contributed by atoms with van der Waals surface area (Å²) in [5.41, 5.74) is 0. The number of hydrogen-bond donors (Lipinski definition) is 6. The third kappa shape index (κ3) is 13.4. The normalized spacial score (nSPS) is 35.2. The topological polar surface area (TPSA) is 166 Å². The highest BCUT2D eigenvalue weighted by Gasteiger charge is 2.44. The molecule has 6 N–H and O–H groups in total. The Balaban J connectivity index is 2.14. The molecule has 0 unspecified atom stereocenters. The molecule has 0 saturated carbocycles. The molecule has 0 aromatic carbocycles. The molecule has 2 rings (SSSR count). The molecule has 0 radical (unpaired) electrons. The van der Waals surface area contributed by atoms with Gasteiger partial charge < -0.3 is 44.8 Å². The van der Waals surface area contributed by atoms with E-state index >= 15 is 0 Å². The van der Waals surface area contributed by atoms with Gasteiger partial charge in [0.1, 0.15) is 30.5 Å². The Morgan fingerprint density at radius 3 is 2.34 bits per heavy atom. The number of aliphatic hydroxyl groups excluding tert-OH is 6. The quantitative estimate of drug-likeness (QED) is 0.271. The van der Waals surface area contributed by atoms with Crippen molar-refractivity contribution < 1.29 is 49.6 Å². The first-order valence-electron chi connectivity index (χ1n) is 14.3. The van der Waals surface area contributed by atoms with Gasteiger partial charge in [0, 0.05) is 12.5 Å². The molecule has 0 aromatic rings. The summed E-state index contributed by atoms with van der Waals surface area (Å²) in [4.78, 5) is 12.2. The van der Waals surface area contributed by atoms with E-state index in [9.17, 15) is 35.4 Å². The molecule has 0 spiro atoms. The van der Waals surface area contributed by atoms with Gasteiger partial charge in [0.05, 0.1) is 24.9 Å². The summed E-state index contributed by atoms with van der Waals surface area (Å²) >= 11 is 0. The predicted octanol–water partition coefficient (Wildman–Crippen LogP) is 1.91. The van der Waals surface area contributed by atoms with E-state index in [1.807, 2.05) is 19.1 Å². The monoisotopic (exact) mass is 578 g/mol. The molecule has 230 valence electrons. The molecule has 0 amide bonds. The minimum Gasteiger partial charge on any atom is -0.459 e. The molecule has 1 fully saturated rings. The Labute approximate surface area is 242 Å².